The summed E-state index contributed by atoms with van der Waals surface area (Å²) < 4.78 is 12.9. The van der Waals surface area contributed by atoms with Crippen LogP contribution in [0.4, 0.5) is 4.39 Å². The maximum atomic E-state index is 12.3. The van der Waals surface area contributed by atoms with Crippen molar-refractivity contribution in [1.82, 2.24) is 0 Å². The van der Waals surface area contributed by atoms with Gasteiger partial charge in [-0.15, -0.1) is 11.3 Å². The Morgan fingerprint density at radius 3 is 2.50 bits per heavy atom. The standard InChI is InChI=1S/C5H4BrFS/c1-3-2-4(7)5(6)8-3/h2H,1H3. The summed E-state index contributed by atoms with van der Waals surface area (Å²) >= 11 is 4.47. The van der Waals surface area contributed by atoms with Gasteiger partial charge in [0.15, 0.2) is 0 Å². The van der Waals surface area contributed by atoms with E-state index in [0.29, 0.717) is 3.79 Å². The van der Waals surface area contributed by atoms with E-state index in [0.717, 1.165) is 4.88 Å². The lowest BCUT2D eigenvalue weighted by molar-refractivity contribution is 0.627. The van der Waals surface area contributed by atoms with Crippen molar-refractivity contribution in [1.29, 1.82) is 0 Å². The van der Waals surface area contributed by atoms with Crippen LogP contribution in [0.2, 0.25) is 0 Å². The van der Waals surface area contributed by atoms with Crippen molar-refractivity contribution >= 4 is 27.3 Å². The van der Waals surface area contributed by atoms with E-state index in [4.69, 9.17) is 0 Å². The summed E-state index contributed by atoms with van der Waals surface area (Å²) in [5, 5.41) is 0. The molecule has 0 unspecified atom stereocenters. The smallest absolute Gasteiger partial charge is 0.148 e. The predicted molar refractivity (Wildman–Crippen MR) is 36.7 cm³/mol. The normalized spacial score (nSPS) is 9.88. The first kappa shape index (κ1) is 6.23. The quantitative estimate of drug-likeness (QED) is 0.596. The lowest BCUT2D eigenvalue weighted by Gasteiger charge is -1.72. The van der Waals surface area contributed by atoms with Crippen molar-refractivity contribution in [3.63, 3.8) is 0 Å². The van der Waals surface area contributed by atoms with Crippen LogP contribution >= 0.6 is 27.3 Å². The van der Waals surface area contributed by atoms with Crippen LogP contribution in [-0.4, -0.2) is 0 Å². The molecule has 0 aliphatic carbocycles. The first-order valence-electron chi connectivity index (χ1n) is 2.11. The van der Waals surface area contributed by atoms with Crippen LogP contribution < -0.4 is 0 Å². The molecular formula is C5H4BrFS. The summed E-state index contributed by atoms with van der Waals surface area (Å²) in [5.74, 6) is -0.160. The van der Waals surface area contributed by atoms with Gasteiger partial charge in [-0.1, -0.05) is 0 Å². The molecule has 1 heterocycles. The first-order chi connectivity index (χ1) is 3.70. The number of thiophene rings is 1. The van der Waals surface area contributed by atoms with Crippen LogP contribution in [0.1, 0.15) is 4.88 Å². The fourth-order valence-electron chi connectivity index (χ4n) is 0.455. The number of halogens is 2. The van der Waals surface area contributed by atoms with Crippen molar-refractivity contribution in [3.8, 4) is 0 Å². The molecule has 0 saturated heterocycles. The number of aryl methyl sites for hydroxylation is 1. The van der Waals surface area contributed by atoms with Gasteiger partial charge in [-0.3, -0.25) is 0 Å². The summed E-state index contributed by atoms with van der Waals surface area (Å²) in [7, 11) is 0. The average molecular weight is 195 g/mol. The average Bonchev–Trinajstić information content (AvgIpc) is 1.85. The molecule has 0 radical (unpaired) electrons. The van der Waals surface area contributed by atoms with E-state index in [1.165, 1.54) is 17.4 Å². The molecule has 0 nitrogen and oxygen atoms in total. The van der Waals surface area contributed by atoms with Crippen LogP contribution in [0.3, 0.4) is 0 Å². The third-order valence-corrected chi connectivity index (χ3v) is 2.45. The fourth-order valence-corrected chi connectivity index (χ4v) is 1.94. The molecule has 0 atom stereocenters. The monoisotopic (exact) mass is 194 g/mol. The zero-order chi connectivity index (χ0) is 6.15. The number of hydrogen-bond acceptors (Lipinski definition) is 1. The van der Waals surface area contributed by atoms with Gasteiger partial charge in [0.2, 0.25) is 0 Å². The van der Waals surface area contributed by atoms with Crippen LogP contribution in [0.25, 0.3) is 0 Å². The second-order valence-electron chi connectivity index (χ2n) is 1.48. The molecule has 0 N–H and O–H groups in total. The van der Waals surface area contributed by atoms with Gasteiger partial charge in [0, 0.05) is 4.88 Å². The molecule has 0 bridgehead atoms. The lowest BCUT2D eigenvalue weighted by atomic mass is 10.5. The number of hydrogen-bond donors (Lipinski definition) is 0. The van der Waals surface area contributed by atoms with Crippen molar-refractivity contribution < 1.29 is 4.39 Å². The first-order valence-corrected chi connectivity index (χ1v) is 3.72. The second-order valence-corrected chi connectivity index (χ2v) is 4.05. The Labute approximate surface area is 59.5 Å². The van der Waals surface area contributed by atoms with Crippen LogP contribution in [0.15, 0.2) is 9.85 Å². The molecule has 0 saturated carbocycles. The molecule has 8 heavy (non-hydrogen) atoms. The third kappa shape index (κ3) is 1.09. The third-order valence-electron chi connectivity index (χ3n) is 0.768. The highest BCUT2D eigenvalue weighted by Crippen LogP contribution is 2.25. The summed E-state index contributed by atoms with van der Waals surface area (Å²) in [6.45, 7) is 1.87. The summed E-state index contributed by atoms with van der Waals surface area (Å²) in [5.41, 5.74) is 0. The maximum absolute atomic E-state index is 12.3. The molecule has 1 rings (SSSR count). The Morgan fingerprint density at radius 1 is 1.75 bits per heavy atom. The summed E-state index contributed by atoms with van der Waals surface area (Å²) in [6, 6.07) is 1.51. The Morgan fingerprint density at radius 2 is 2.38 bits per heavy atom. The molecular weight excluding hydrogens is 191 g/mol. The Bertz CT molecular complexity index is 175. The largest absolute Gasteiger partial charge is 0.205 e. The van der Waals surface area contributed by atoms with Gasteiger partial charge in [-0.2, -0.15) is 0 Å². The minimum atomic E-state index is -0.160. The Kier molecular flexibility index (Phi) is 1.68. The van der Waals surface area contributed by atoms with E-state index in [1.807, 2.05) is 6.92 Å². The molecule has 0 fully saturated rings. The van der Waals surface area contributed by atoms with Crippen molar-refractivity contribution in [3.05, 3.63) is 20.5 Å². The van der Waals surface area contributed by atoms with Gasteiger partial charge in [0.05, 0.1) is 0 Å². The summed E-state index contributed by atoms with van der Waals surface area (Å²) in [4.78, 5) is 0.995. The van der Waals surface area contributed by atoms with Crippen LogP contribution in [-0.2, 0) is 0 Å². The Balaban J connectivity index is 3.14. The van der Waals surface area contributed by atoms with Crippen LogP contribution in [0, 0.1) is 12.7 Å². The molecule has 3 heteroatoms. The minimum absolute atomic E-state index is 0.160. The molecule has 0 spiro atoms. The van der Waals surface area contributed by atoms with Gasteiger partial charge >= 0.3 is 0 Å². The van der Waals surface area contributed by atoms with Crippen molar-refractivity contribution in [2.75, 3.05) is 0 Å². The predicted octanol–water partition coefficient (Wildman–Crippen LogP) is 2.96. The lowest BCUT2D eigenvalue weighted by Crippen LogP contribution is -1.58. The van der Waals surface area contributed by atoms with E-state index >= 15 is 0 Å². The Hall–Kier alpha value is 0.110. The topological polar surface area (TPSA) is 0 Å². The molecule has 0 amide bonds. The SMILES string of the molecule is Cc1cc(F)c(Br)s1. The molecule has 1 aromatic rings. The minimum Gasteiger partial charge on any atom is -0.205 e. The van der Waals surface area contributed by atoms with Gasteiger partial charge in [0.25, 0.3) is 0 Å². The van der Waals surface area contributed by atoms with Gasteiger partial charge in [-0.05, 0) is 28.9 Å². The van der Waals surface area contributed by atoms with Crippen molar-refractivity contribution in [2.45, 2.75) is 6.92 Å². The molecule has 0 aromatic carbocycles. The second kappa shape index (κ2) is 2.15. The zero-order valence-corrected chi connectivity index (χ0v) is 6.64. The summed E-state index contributed by atoms with van der Waals surface area (Å²) in [6.07, 6.45) is 0. The maximum Gasteiger partial charge on any atom is 0.148 e. The van der Waals surface area contributed by atoms with E-state index in [9.17, 15) is 4.39 Å². The van der Waals surface area contributed by atoms with Gasteiger partial charge in [-0.25, -0.2) is 4.39 Å². The fraction of sp³-hybridized carbons (Fsp3) is 0.200. The van der Waals surface area contributed by atoms with Crippen molar-refractivity contribution in [2.24, 2.45) is 0 Å². The zero-order valence-electron chi connectivity index (χ0n) is 4.24. The highest BCUT2D eigenvalue weighted by molar-refractivity contribution is 9.11. The van der Waals surface area contributed by atoms with E-state index in [2.05, 4.69) is 15.9 Å². The molecule has 0 aliphatic rings. The molecule has 1 aromatic heterocycles. The van der Waals surface area contributed by atoms with E-state index in [1.54, 1.807) is 0 Å². The number of rotatable bonds is 0. The highest BCUT2D eigenvalue weighted by atomic mass is 79.9. The highest BCUT2D eigenvalue weighted by Gasteiger charge is 1.99. The van der Waals surface area contributed by atoms with Gasteiger partial charge in [0.1, 0.15) is 9.60 Å². The van der Waals surface area contributed by atoms with E-state index < -0.39 is 0 Å². The van der Waals surface area contributed by atoms with Gasteiger partial charge < -0.3 is 0 Å². The molecule has 0 aliphatic heterocycles. The van der Waals surface area contributed by atoms with E-state index in [-0.39, 0.29) is 5.82 Å². The van der Waals surface area contributed by atoms with Crippen LogP contribution in [0.5, 0.6) is 0 Å². The molecule has 44 valence electrons.